The molecule has 3 nitrogen and oxygen atoms in total. The Morgan fingerprint density at radius 3 is 1.31 bits per heavy atom. The van der Waals surface area contributed by atoms with Gasteiger partial charge in [-0.25, -0.2) is 0 Å². The molecule has 0 aliphatic carbocycles. The number of hydrogen-bond acceptors (Lipinski definition) is 3. The summed E-state index contributed by atoms with van der Waals surface area (Å²) in [6.45, 7) is 28.9. The third-order valence-corrected chi connectivity index (χ3v) is 16.1. The van der Waals surface area contributed by atoms with E-state index in [4.69, 9.17) is 0 Å². The van der Waals surface area contributed by atoms with Crippen molar-refractivity contribution in [2.45, 2.75) is 164 Å². The number of fused-ring (bicyclic) bond motifs is 2. The molecule has 5 aromatic carbocycles. The molecule has 0 heterocycles. The van der Waals surface area contributed by atoms with Crippen molar-refractivity contribution in [1.82, 2.24) is 0 Å². The summed E-state index contributed by atoms with van der Waals surface area (Å²) in [5, 5.41) is 5.01. The molecule has 0 saturated heterocycles. The van der Waals surface area contributed by atoms with Crippen LogP contribution in [-0.4, -0.2) is 14.7 Å². The summed E-state index contributed by atoms with van der Waals surface area (Å²) in [4.78, 5) is 39.2. The van der Waals surface area contributed by atoms with E-state index < -0.39 is 7.28 Å². The molecule has 0 radical (unpaired) electrons. The summed E-state index contributed by atoms with van der Waals surface area (Å²) in [6.07, 6.45) is 5.84. The molecule has 3 N–H and O–H groups in total. The van der Waals surface area contributed by atoms with Crippen LogP contribution in [0.25, 0.3) is 32.7 Å². The van der Waals surface area contributed by atoms with Crippen molar-refractivity contribution in [3.8, 4) is 11.1 Å². The molecular weight excluding hydrogens is 692 g/mol. The molecule has 0 saturated carbocycles. The first-order valence-corrected chi connectivity index (χ1v) is 23.6. The average molecular weight is 763 g/mol. The van der Waals surface area contributed by atoms with E-state index in [9.17, 15) is 14.7 Å². The van der Waals surface area contributed by atoms with E-state index in [-0.39, 0.29) is 28.4 Å². The predicted octanol–water partition coefficient (Wildman–Crippen LogP) is 14.3. The topological polar surface area (TPSA) is 60.7 Å². The second kappa shape index (κ2) is 16.8. The van der Waals surface area contributed by atoms with E-state index in [2.05, 4.69) is 139 Å². The molecule has 0 aromatic heterocycles. The molecule has 0 aliphatic rings. The van der Waals surface area contributed by atoms with Gasteiger partial charge in [0.1, 0.15) is 0 Å². The summed E-state index contributed by atoms with van der Waals surface area (Å²) in [7, 11) is -5.79. The third kappa shape index (κ3) is 8.20. The van der Waals surface area contributed by atoms with Gasteiger partial charge in [-0.15, -0.1) is 0 Å². The summed E-state index contributed by atoms with van der Waals surface area (Å²) in [5.74, 6) is 1.69. The van der Waals surface area contributed by atoms with Crippen LogP contribution in [0.3, 0.4) is 0 Å². The van der Waals surface area contributed by atoms with E-state index in [1.54, 1.807) is 6.07 Å². The Balaban J connectivity index is 1.91. The Labute approximate surface area is 333 Å². The van der Waals surface area contributed by atoms with E-state index in [0.29, 0.717) is 23.3 Å². The molecule has 6 atom stereocenters. The summed E-state index contributed by atoms with van der Waals surface area (Å²) >= 11 is 0. The van der Waals surface area contributed by atoms with Crippen LogP contribution in [0.1, 0.15) is 196 Å². The quantitative estimate of drug-likeness (QED) is 0.0931. The molecule has 298 valence electrons. The summed E-state index contributed by atoms with van der Waals surface area (Å²) in [6, 6.07) is 23.9. The maximum absolute atomic E-state index is 13.1. The van der Waals surface area contributed by atoms with Gasteiger partial charge in [-0.1, -0.05) is 0 Å². The Kier molecular flexibility index (Phi) is 13.2. The molecule has 0 fully saturated rings. The van der Waals surface area contributed by atoms with Gasteiger partial charge >= 0.3 is 335 Å². The van der Waals surface area contributed by atoms with Gasteiger partial charge in [-0.3, -0.25) is 0 Å². The van der Waals surface area contributed by atoms with Gasteiger partial charge in [0.2, 0.25) is 0 Å². The molecule has 6 unspecified atom stereocenters. The Hall–Kier alpha value is -3.07. The SMILES string of the molecule is CCC(C)c1cc(C(C)CC)c2cc(-c3cc(C)ccc3P(O)(O)(O)c3cc4c(C(C)CC)cc(C(C)CC)cc4cc3C(C)CC)c(C(C)CC)cc2c1. The fourth-order valence-electron chi connectivity index (χ4n) is 8.43. The number of benzene rings is 5. The fourth-order valence-corrected chi connectivity index (χ4v) is 10.8. The van der Waals surface area contributed by atoms with Crippen molar-refractivity contribution < 1.29 is 14.7 Å². The molecule has 0 amide bonds. The Morgan fingerprint density at radius 1 is 0.418 bits per heavy atom. The monoisotopic (exact) mass is 763 g/mol. The molecule has 5 rings (SSSR count). The van der Waals surface area contributed by atoms with Gasteiger partial charge in [-0.05, 0) is 0 Å². The van der Waals surface area contributed by atoms with Crippen molar-refractivity contribution in [2.75, 3.05) is 0 Å². The van der Waals surface area contributed by atoms with Crippen LogP contribution in [0.5, 0.6) is 0 Å². The molecular formula is C51H71O3P. The van der Waals surface area contributed by atoms with Crippen molar-refractivity contribution in [3.63, 3.8) is 0 Å². The molecule has 0 spiro atoms. The third-order valence-electron chi connectivity index (χ3n) is 13.6. The second-order valence-electron chi connectivity index (χ2n) is 17.4. The van der Waals surface area contributed by atoms with Crippen LogP contribution in [0.15, 0.2) is 66.7 Å². The first kappa shape index (κ1) is 43.1. The van der Waals surface area contributed by atoms with E-state index >= 15 is 0 Å². The van der Waals surface area contributed by atoms with Crippen molar-refractivity contribution in [1.29, 1.82) is 0 Å². The Bertz CT molecular complexity index is 2150. The van der Waals surface area contributed by atoms with Crippen LogP contribution in [-0.2, 0) is 0 Å². The van der Waals surface area contributed by atoms with Gasteiger partial charge < -0.3 is 0 Å². The standard InChI is InChI=1S/C51H71O3P/c1-14-32(8)38-23-40-27-44(36(12)18-5)48(29-46(40)42(25-38)34(10)16-3)49-22-31(7)20-21-50(49)55(52,53,54)51-30-47-41(28-45(51)37(13)19-6)24-39(33(9)15-2)26-43(47)35(11)17-4/h20-30,32-37,52-54H,14-19H2,1-13H3. The first-order chi connectivity index (χ1) is 25.9. The average Bonchev–Trinajstić information content (AvgIpc) is 3.19. The number of aryl methyl sites for hydroxylation is 1. The molecule has 0 aliphatic heterocycles. The molecule has 55 heavy (non-hydrogen) atoms. The van der Waals surface area contributed by atoms with Crippen LogP contribution >= 0.6 is 7.28 Å². The van der Waals surface area contributed by atoms with E-state index in [1.807, 2.05) is 12.1 Å². The van der Waals surface area contributed by atoms with E-state index in [1.165, 1.54) is 38.6 Å². The minimum atomic E-state index is -5.79. The van der Waals surface area contributed by atoms with Crippen molar-refractivity contribution in [2.24, 2.45) is 0 Å². The maximum atomic E-state index is 13.1. The Morgan fingerprint density at radius 2 is 0.836 bits per heavy atom. The first-order valence-electron chi connectivity index (χ1n) is 21.5. The van der Waals surface area contributed by atoms with Crippen molar-refractivity contribution in [3.05, 3.63) is 106 Å². The fraction of sp³-hybridized carbons (Fsp3) is 0.490. The number of hydrogen-bond donors (Lipinski definition) is 3. The van der Waals surface area contributed by atoms with E-state index in [0.717, 1.165) is 66.0 Å². The van der Waals surface area contributed by atoms with Gasteiger partial charge in [-0.2, -0.15) is 0 Å². The normalized spacial score (nSPS) is 16.4. The zero-order valence-corrected chi connectivity index (χ0v) is 37.2. The molecule has 0 bridgehead atoms. The zero-order valence-electron chi connectivity index (χ0n) is 36.3. The molecule has 4 heteroatoms. The second-order valence-corrected chi connectivity index (χ2v) is 20.3. The van der Waals surface area contributed by atoms with Gasteiger partial charge in [0, 0.05) is 0 Å². The van der Waals surface area contributed by atoms with Crippen LogP contribution in [0.2, 0.25) is 0 Å². The van der Waals surface area contributed by atoms with Gasteiger partial charge in [0.05, 0.1) is 0 Å². The minimum absolute atomic E-state index is 0.00491. The van der Waals surface area contributed by atoms with Crippen LogP contribution in [0.4, 0.5) is 0 Å². The summed E-state index contributed by atoms with van der Waals surface area (Å²) in [5.41, 5.74) is 9.87. The predicted molar refractivity (Wildman–Crippen MR) is 243 cm³/mol. The summed E-state index contributed by atoms with van der Waals surface area (Å²) < 4.78 is 0. The van der Waals surface area contributed by atoms with Crippen molar-refractivity contribution >= 4 is 39.4 Å². The van der Waals surface area contributed by atoms with Gasteiger partial charge in [0.25, 0.3) is 0 Å². The number of rotatable bonds is 15. The zero-order chi connectivity index (χ0) is 40.6. The van der Waals surface area contributed by atoms with Crippen LogP contribution < -0.4 is 10.6 Å². The van der Waals surface area contributed by atoms with Crippen LogP contribution in [0, 0.1) is 6.92 Å². The van der Waals surface area contributed by atoms with Gasteiger partial charge in [0.15, 0.2) is 0 Å². The molecule has 5 aromatic rings.